The van der Waals surface area contributed by atoms with Crippen LogP contribution < -0.4 is 10.6 Å². The van der Waals surface area contributed by atoms with Crippen molar-refractivity contribution in [1.82, 2.24) is 4.98 Å². The molecule has 21 heavy (non-hydrogen) atoms. The van der Waals surface area contributed by atoms with E-state index in [1.165, 1.54) is 12.1 Å². The molecule has 0 aliphatic carbocycles. The zero-order chi connectivity index (χ0) is 15.0. The van der Waals surface area contributed by atoms with E-state index in [1.54, 1.807) is 6.07 Å². The minimum absolute atomic E-state index is 0.152. The number of amides is 1. The van der Waals surface area contributed by atoms with Gasteiger partial charge in [-0.15, -0.1) is 0 Å². The molecule has 1 aliphatic heterocycles. The van der Waals surface area contributed by atoms with Crippen molar-refractivity contribution in [3.05, 3.63) is 23.8 Å². The largest absolute Gasteiger partial charge is 0.478 e. The third kappa shape index (κ3) is 2.54. The third-order valence-corrected chi connectivity index (χ3v) is 3.72. The highest BCUT2D eigenvalue weighted by molar-refractivity contribution is 5.92. The highest BCUT2D eigenvalue weighted by Gasteiger charge is 2.26. The van der Waals surface area contributed by atoms with Crippen molar-refractivity contribution in [2.45, 2.75) is 12.8 Å². The molecule has 1 saturated heterocycles. The SMILES string of the molecule is NC(=O)C1CCCN(c2nc3ccc(C(=O)O)cc3o2)C1. The Morgan fingerprint density at radius 2 is 2.24 bits per heavy atom. The molecule has 0 spiro atoms. The van der Waals surface area contributed by atoms with Crippen molar-refractivity contribution in [2.24, 2.45) is 11.7 Å². The van der Waals surface area contributed by atoms with E-state index in [9.17, 15) is 9.59 Å². The zero-order valence-corrected chi connectivity index (χ0v) is 11.3. The molecule has 1 aliphatic rings. The summed E-state index contributed by atoms with van der Waals surface area (Å²) in [6.45, 7) is 1.22. The summed E-state index contributed by atoms with van der Waals surface area (Å²) in [5.41, 5.74) is 6.52. The molecule has 2 aromatic rings. The van der Waals surface area contributed by atoms with Crippen LogP contribution in [-0.4, -0.2) is 35.1 Å². The average molecular weight is 289 g/mol. The number of primary amides is 1. The normalized spacial score (nSPS) is 18.9. The molecule has 0 radical (unpaired) electrons. The second kappa shape index (κ2) is 5.08. The molecule has 1 atom stereocenters. The number of anilines is 1. The Labute approximate surface area is 120 Å². The number of carbonyl (C=O) groups is 2. The second-order valence-electron chi connectivity index (χ2n) is 5.17. The van der Waals surface area contributed by atoms with Gasteiger partial charge >= 0.3 is 5.97 Å². The van der Waals surface area contributed by atoms with E-state index in [0.29, 0.717) is 23.7 Å². The number of aromatic nitrogens is 1. The van der Waals surface area contributed by atoms with Crippen molar-refractivity contribution in [2.75, 3.05) is 18.0 Å². The Hall–Kier alpha value is -2.57. The fourth-order valence-corrected chi connectivity index (χ4v) is 2.56. The van der Waals surface area contributed by atoms with Crippen molar-refractivity contribution in [3.63, 3.8) is 0 Å². The lowest BCUT2D eigenvalue weighted by molar-refractivity contribution is -0.122. The molecule has 1 unspecified atom stereocenters. The number of hydrogen-bond donors (Lipinski definition) is 2. The molecule has 1 fully saturated rings. The molecule has 1 amide bonds. The minimum Gasteiger partial charge on any atom is -0.478 e. The van der Waals surface area contributed by atoms with Crippen LogP contribution in [-0.2, 0) is 4.79 Å². The summed E-state index contributed by atoms with van der Waals surface area (Å²) in [6.07, 6.45) is 1.61. The van der Waals surface area contributed by atoms with Crippen LogP contribution in [0.15, 0.2) is 22.6 Å². The summed E-state index contributed by atoms with van der Waals surface area (Å²) >= 11 is 0. The predicted molar refractivity (Wildman–Crippen MR) is 75.1 cm³/mol. The van der Waals surface area contributed by atoms with Crippen LogP contribution in [0.1, 0.15) is 23.2 Å². The molecule has 3 N–H and O–H groups in total. The summed E-state index contributed by atoms with van der Waals surface area (Å²) in [7, 11) is 0. The number of carbonyl (C=O) groups excluding carboxylic acids is 1. The van der Waals surface area contributed by atoms with E-state index >= 15 is 0 Å². The topological polar surface area (TPSA) is 110 Å². The van der Waals surface area contributed by atoms with Crippen molar-refractivity contribution < 1.29 is 19.1 Å². The van der Waals surface area contributed by atoms with E-state index in [-0.39, 0.29) is 17.4 Å². The standard InChI is InChI=1S/C14H15N3O4/c15-12(18)9-2-1-5-17(7-9)14-16-10-4-3-8(13(19)20)6-11(10)21-14/h3-4,6,9H,1-2,5,7H2,(H2,15,18)(H,19,20). The first-order chi connectivity index (χ1) is 10.0. The van der Waals surface area contributed by atoms with Crippen LogP contribution in [0, 0.1) is 5.92 Å². The van der Waals surface area contributed by atoms with E-state index in [2.05, 4.69) is 4.98 Å². The van der Waals surface area contributed by atoms with Gasteiger partial charge in [-0.25, -0.2) is 4.79 Å². The summed E-state index contributed by atoms with van der Waals surface area (Å²) in [5, 5.41) is 8.97. The van der Waals surface area contributed by atoms with Crippen LogP contribution in [0.3, 0.4) is 0 Å². The first-order valence-electron chi connectivity index (χ1n) is 6.73. The Morgan fingerprint density at radius 3 is 2.95 bits per heavy atom. The summed E-state index contributed by atoms with van der Waals surface area (Å²) < 4.78 is 5.63. The molecule has 110 valence electrons. The smallest absolute Gasteiger partial charge is 0.335 e. The number of carboxylic acid groups (broad SMARTS) is 1. The van der Waals surface area contributed by atoms with Gasteiger partial charge in [-0.1, -0.05) is 0 Å². The van der Waals surface area contributed by atoms with Gasteiger partial charge in [0.2, 0.25) is 5.91 Å². The maximum absolute atomic E-state index is 11.3. The zero-order valence-electron chi connectivity index (χ0n) is 11.3. The minimum atomic E-state index is -1.01. The average Bonchev–Trinajstić information content (AvgIpc) is 2.90. The molecule has 7 heteroatoms. The van der Waals surface area contributed by atoms with E-state index in [1.807, 2.05) is 4.90 Å². The number of piperidine rings is 1. The van der Waals surface area contributed by atoms with E-state index in [0.717, 1.165) is 19.4 Å². The van der Waals surface area contributed by atoms with Crippen LogP contribution in [0.4, 0.5) is 6.01 Å². The number of hydrogen-bond acceptors (Lipinski definition) is 5. The van der Waals surface area contributed by atoms with Crippen LogP contribution >= 0.6 is 0 Å². The first kappa shape index (κ1) is 13.4. The van der Waals surface area contributed by atoms with Gasteiger partial charge < -0.3 is 20.2 Å². The predicted octanol–water partition coefficient (Wildman–Crippen LogP) is 1.23. The highest BCUT2D eigenvalue weighted by Crippen LogP contribution is 2.26. The highest BCUT2D eigenvalue weighted by atomic mass is 16.4. The number of nitrogens with two attached hydrogens (primary N) is 1. The van der Waals surface area contributed by atoms with Gasteiger partial charge in [0.25, 0.3) is 6.01 Å². The number of rotatable bonds is 3. The third-order valence-electron chi connectivity index (χ3n) is 3.72. The molecule has 1 aromatic heterocycles. The summed E-state index contributed by atoms with van der Waals surface area (Å²) in [4.78, 5) is 28.5. The number of fused-ring (bicyclic) bond motifs is 1. The molecule has 2 heterocycles. The number of oxazole rings is 1. The molecule has 3 rings (SSSR count). The maximum atomic E-state index is 11.3. The fraction of sp³-hybridized carbons (Fsp3) is 0.357. The fourth-order valence-electron chi connectivity index (χ4n) is 2.56. The molecule has 7 nitrogen and oxygen atoms in total. The van der Waals surface area contributed by atoms with Crippen molar-refractivity contribution >= 4 is 29.0 Å². The van der Waals surface area contributed by atoms with Gasteiger partial charge in [-0.2, -0.15) is 4.98 Å². The molecule has 0 saturated carbocycles. The Morgan fingerprint density at radius 1 is 1.43 bits per heavy atom. The quantitative estimate of drug-likeness (QED) is 0.879. The van der Waals surface area contributed by atoms with E-state index in [4.69, 9.17) is 15.3 Å². The molecule has 1 aromatic carbocycles. The lowest BCUT2D eigenvalue weighted by Crippen LogP contribution is -2.41. The first-order valence-corrected chi connectivity index (χ1v) is 6.73. The van der Waals surface area contributed by atoms with Crippen molar-refractivity contribution in [1.29, 1.82) is 0 Å². The van der Waals surface area contributed by atoms with Gasteiger partial charge in [-0.05, 0) is 31.0 Å². The molecular formula is C14H15N3O4. The van der Waals surface area contributed by atoms with Crippen LogP contribution in [0.2, 0.25) is 0 Å². The Balaban J connectivity index is 1.90. The number of nitrogens with zero attached hydrogens (tertiary/aromatic N) is 2. The number of aromatic carboxylic acids is 1. The van der Waals surface area contributed by atoms with Crippen LogP contribution in [0.5, 0.6) is 0 Å². The molecule has 0 bridgehead atoms. The number of benzene rings is 1. The lowest BCUT2D eigenvalue weighted by atomic mass is 9.98. The number of carboxylic acids is 1. The van der Waals surface area contributed by atoms with Crippen LogP contribution in [0.25, 0.3) is 11.1 Å². The van der Waals surface area contributed by atoms with Crippen molar-refractivity contribution in [3.8, 4) is 0 Å². The summed E-state index contributed by atoms with van der Waals surface area (Å²) in [5.74, 6) is -1.53. The summed E-state index contributed by atoms with van der Waals surface area (Å²) in [6, 6.07) is 4.95. The Kier molecular flexibility index (Phi) is 3.25. The molecular weight excluding hydrogens is 274 g/mol. The maximum Gasteiger partial charge on any atom is 0.335 e. The Bertz CT molecular complexity index is 709. The monoisotopic (exact) mass is 289 g/mol. The second-order valence-corrected chi connectivity index (χ2v) is 5.17. The van der Waals surface area contributed by atoms with Gasteiger partial charge in [0, 0.05) is 13.1 Å². The van der Waals surface area contributed by atoms with Gasteiger partial charge in [0.1, 0.15) is 5.52 Å². The van der Waals surface area contributed by atoms with Gasteiger partial charge in [0.15, 0.2) is 5.58 Å². The van der Waals surface area contributed by atoms with E-state index < -0.39 is 5.97 Å². The van der Waals surface area contributed by atoms with Gasteiger partial charge in [0.05, 0.1) is 11.5 Å². The lowest BCUT2D eigenvalue weighted by Gasteiger charge is -2.29. The van der Waals surface area contributed by atoms with Gasteiger partial charge in [-0.3, -0.25) is 4.79 Å².